The lowest BCUT2D eigenvalue weighted by Crippen LogP contribution is -2.30. The third-order valence-electron chi connectivity index (χ3n) is 4.15. The molecule has 22 heavy (non-hydrogen) atoms. The number of carbonyl (C=O) groups is 1. The molecule has 0 atom stereocenters. The lowest BCUT2D eigenvalue weighted by Gasteiger charge is -2.18. The highest BCUT2D eigenvalue weighted by atomic mass is 32.2. The van der Waals surface area contributed by atoms with Crippen molar-refractivity contribution in [1.29, 1.82) is 0 Å². The van der Waals surface area contributed by atoms with Gasteiger partial charge in [-0.3, -0.25) is 4.79 Å². The van der Waals surface area contributed by atoms with Crippen molar-refractivity contribution in [2.24, 2.45) is 0 Å². The van der Waals surface area contributed by atoms with Crippen molar-refractivity contribution in [2.45, 2.75) is 43.9 Å². The molecule has 0 bridgehead atoms. The number of rotatable bonds is 6. The molecule has 4 nitrogen and oxygen atoms in total. The molecule has 0 spiro atoms. The average molecular weight is 327 g/mol. The van der Waals surface area contributed by atoms with Gasteiger partial charge in [0.25, 0.3) is 0 Å². The first-order valence-electron chi connectivity index (χ1n) is 7.58. The summed E-state index contributed by atoms with van der Waals surface area (Å²) in [7, 11) is -1.57. The van der Waals surface area contributed by atoms with Crippen molar-refractivity contribution in [3.05, 3.63) is 35.6 Å². The summed E-state index contributed by atoms with van der Waals surface area (Å²) in [4.78, 5) is 13.5. The van der Waals surface area contributed by atoms with Crippen LogP contribution in [-0.2, 0) is 21.2 Å². The van der Waals surface area contributed by atoms with Gasteiger partial charge in [-0.05, 0) is 30.5 Å². The second-order valence-corrected chi connectivity index (χ2v) is 8.30. The Balaban J connectivity index is 1.86. The maximum absolute atomic E-state index is 13.1. The summed E-state index contributed by atoms with van der Waals surface area (Å²) in [5, 5.41) is -0.270. The second-order valence-electron chi connectivity index (χ2n) is 5.90. The number of hydrogen-bond acceptors (Lipinski definition) is 3. The van der Waals surface area contributed by atoms with Crippen LogP contribution in [0.3, 0.4) is 0 Å². The van der Waals surface area contributed by atoms with Gasteiger partial charge < -0.3 is 4.90 Å². The molecule has 2 rings (SSSR count). The Kier molecular flexibility index (Phi) is 5.56. The van der Waals surface area contributed by atoms with Crippen molar-refractivity contribution in [1.82, 2.24) is 4.90 Å². The molecule has 0 aliphatic heterocycles. The molecule has 1 aliphatic carbocycles. The molecule has 0 unspecified atom stereocenters. The van der Waals surface area contributed by atoms with Crippen molar-refractivity contribution in [2.75, 3.05) is 12.8 Å². The van der Waals surface area contributed by atoms with Crippen molar-refractivity contribution in [3.8, 4) is 0 Å². The first kappa shape index (κ1) is 16.9. The SMILES string of the molecule is CN(Cc1cccc(F)c1)C(=O)CCS(=O)(=O)C1CCCC1. The Morgan fingerprint density at radius 2 is 2.00 bits per heavy atom. The van der Waals surface area contributed by atoms with E-state index in [0.717, 1.165) is 25.7 Å². The van der Waals surface area contributed by atoms with E-state index in [0.29, 0.717) is 5.56 Å². The highest BCUT2D eigenvalue weighted by Gasteiger charge is 2.29. The van der Waals surface area contributed by atoms with Crippen LogP contribution in [0.1, 0.15) is 37.7 Å². The number of amides is 1. The predicted octanol–water partition coefficient (Wildman–Crippen LogP) is 2.53. The van der Waals surface area contributed by atoms with Crippen LogP contribution in [0.4, 0.5) is 4.39 Å². The minimum Gasteiger partial charge on any atom is -0.341 e. The second kappa shape index (κ2) is 7.22. The van der Waals surface area contributed by atoms with E-state index in [-0.39, 0.29) is 35.7 Å². The molecule has 6 heteroatoms. The smallest absolute Gasteiger partial charge is 0.223 e. The lowest BCUT2D eigenvalue weighted by atomic mass is 10.2. The van der Waals surface area contributed by atoms with E-state index in [1.165, 1.54) is 17.0 Å². The molecule has 0 aromatic heterocycles. The number of sulfone groups is 1. The quantitative estimate of drug-likeness (QED) is 0.807. The fourth-order valence-corrected chi connectivity index (χ4v) is 4.68. The number of hydrogen-bond donors (Lipinski definition) is 0. The summed E-state index contributed by atoms with van der Waals surface area (Å²) >= 11 is 0. The first-order chi connectivity index (χ1) is 10.4. The Labute approximate surface area is 131 Å². The van der Waals surface area contributed by atoms with E-state index in [4.69, 9.17) is 0 Å². The molecule has 0 heterocycles. The predicted molar refractivity (Wildman–Crippen MR) is 83.5 cm³/mol. The molecule has 0 saturated heterocycles. The average Bonchev–Trinajstić information content (AvgIpc) is 3.00. The van der Waals surface area contributed by atoms with Gasteiger partial charge in [0.2, 0.25) is 5.91 Å². The van der Waals surface area contributed by atoms with E-state index in [1.807, 2.05) is 0 Å². The van der Waals surface area contributed by atoms with Crippen LogP contribution in [0.2, 0.25) is 0 Å². The fourth-order valence-electron chi connectivity index (χ4n) is 2.83. The van der Waals surface area contributed by atoms with Gasteiger partial charge in [0.05, 0.1) is 11.0 Å². The third kappa shape index (κ3) is 4.53. The molecule has 1 aromatic carbocycles. The summed E-state index contributed by atoms with van der Waals surface area (Å²) in [5.74, 6) is -0.669. The van der Waals surface area contributed by atoms with E-state index in [1.54, 1.807) is 19.2 Å². The Bertz CT molecular complexity index is 624. The van der Waals surface area contributed by atoms with Gasteiger partial charge >= 0.3 is 0 Å². The highest BCUT2D eigenvalue weighted by molar-refractivity contribution is 7.92. The normalized spacial score (nSPS) is 15.9. The Morgan fingerprint density at radius 3 is 2.64 bits per heavy atom. The molecule has 1 aromatic rings. The number of halogens is 1. The molecule has 1 saturated carbocycles. The minimum absolute atomic E-state index is 0.00928. The monoisotopic (exact) mass is 327 g/mol. The van der Waals surface area contributed by atoms with Gasteiger partial charge in [-0.15, -0.1) is 0 Å². The lowest BCUT2D eigenvalue weighted by molar-refractivity contribution is -0.130. The molecule has 1 amide bonds. The molecule has 0 N–H and O–H groups in total. The Morgan fingerprint density at radius 1 is 1.32 bits per heavy atom. The maximum atomic E-state index is 13.1. The number of nitrogens with zero attached hydrogens (tertiary/aromatic N) is 1. The summed E-state index contributed by atoms with van der Waals surface area (Å²) in [6.07, 6.45) is 3.34. The van der Waals surface area contributed by atoms with Gasteiger partial charge in [0, 0.05) is 20.0 Å². The van der Waals surface area contributed by atoms with Crippen LogP contribution in [0, 0.1) is 5.82 Å². The minimum atomic E-state index is -3.18. The Hall–Kier alpha value is -1.43. The zero-order valence-corrected chi connectivity index (χ0v) is 13.6. The zero-order chi connectivity index (χ0) is 16.2. The van der Waals surface area contributed by atoms with Crippen molar-refractivity contribution >= 4 is 15.7 Å². The van der Waals surface area contributed by atoms with Crippen LogP contribution in [0.5, 0.6) is 0 Å². The molecular formula is C16H22FNO3S. The van der Waals surface area contributed by atoms with Crippen LogP contribution in [0.25, 0.3) is 0 Å². The summed E-state index contributed by atoms with van der Waals surface area (Å²) in [6.45, 7) is 0.278. The van der Waals surface area contributed by atoms with Crippen molar-refractivity contribution in [3.63, 3.8) is 0 Å². The van der Waals surface area contributed by atoms with Crippen LogP contribution >= 0.6 is 0 Å². The van der Waals surface area contributed by atoms with Crippen LogP contribution < -0.4 is 0 Å². The summed E-state index contributed by atoms with van der Waals surface area (Å²) < 4.78 is 37.4. The zero-order valence-electron chi connectivity index (χ0n) is 12.8. The van der Waals surface area contributed by atoms with E-state index in [2.05, 4.69) is 0 Å². The molecule has 1 fully saturated rings. The molecule has 122 valence electrons. The highest BCUT2D eigenvalue weighted by Crippen LogP contribution is 2.25. The van der Waals surface area contributed by atoms with Gasteiger partial charge in [-0.1, -0.05) is 25.0 Å². The van der Waals surface area contributed by atoms with Crippen LogP contribution in [0.15, 0.2) is 24.3 Å². The van der Waals surface area contributed by atoms with Gasteiger partial charge in [-0.2, -0.15) is 0 Å². The van der Waals surface area contributed by atoms with Gasteiger partial charge in [-0.25, -0.2) is 12.8 Å². The van der Waals surface area contributed by atoms with E-state index in [9.17, 15) is 17.6 Å². The van der Waals surface area contributed by atoms with Crippen LogP contribution in [-0.4, -0.2) is 37.3 Å². The third-order valence-corrected chi connectivity index (χ3v) is 6.41. The summed E-state index contributed by atoms with van der Waals surface area (Å²) in [6, 6.07) is 6.05. The molecular weight excluding hydrogens is 305 g/mol. The molecule has 0 radical (unpaired) electrons. The van der Waals surface area contributed by atoms with E-state index >= 15 is 0 Å². The maximum Gasteiger partial charge on any atom is 0.223 e. The number of benzene rings is 1. The van der Waals surface area contributed by atoms with Crippen molar-refractivity contribution < 1.29 is 17.6 Å². The standard InChI is InChI=1S/C16H22FNO3S/c1-18(12-13-5-4-6-14(17)11-13)16(19)9-10-22(20,21)15-7-2-3-8-15/h4-6,11,15H,2-3,7-10,12H2,1H3. The molecule has 1 aliphatic rings. The first-order valence-corrected chi connectivity index (χ1v) is 9.30. The largest absolute Gasteiger partial charge is 0.341 e. The number of carbonyl (C=O) groups excluding carboxylic acids is 1. The van der Waals surface area contributed by atoms with Gasteiger partial charge in [0.15, 0.2) is 9.84 Å². The van der Waals surface area contributed by atoms with E-state index < -0.39 is 9.84 Å². The van der Waals surface area contributed by atoms with Gasteiger partial charge in [0.1, 0.15) is 5.82 Å². The summed E-state index contributed by atoms with van der Waals surface area (Å²) in [5.41, 5.74) is 0.689. The fraction of sp³-hybridized carbons (Fsp3) is 0.562. The topological polar surface area (TPSA) is 54.5 Å².